The van der Waals surface area contributed by atoms with Gasteiger partial charge in [-0.2, -0.15) is 0 Å². The van der Waals surface area contributed by atoms with E-state index in [0.29, 0.717) is 43.2 Å². The van der Waals surface area contributed by atoms with Crippen LogP contribution in [0, 0.1) is 5.92 Å². The van der Waals surface area contributed by atoms with E-state index in [1.807, 2.05) is 12.1 Å². The topological polar surface area (TPSA) is 132 Å². The van der Waals surface area contributed by atoms with Crippen LogP contribution in [-0.2, 0) is 31.1 Å². The molecule has 0 radical (unpaired) electrons. The molecule has 1 unspecified atom stereocenters. The second-order valence-electron chi connectivity index (χ2n) is 9.47. The molecule has 1 saturated carbocycles. The van der Waals surface area contributed by atoms with Crippen LogP contribution in [0.2, 0.25) is 0 Å². The zero-order chi connectivity index (χ0) is 24.3. The van der Waals surface area contributed by atoms with Gasteiger partial charge in [0, 0.05) is 30.7 Å². The van der Waals surface area contributed by atoms with E-state index in [2.05, 4.69) is 21.1 Å². The highest BCUT2D eigenvalue weighted by Gasteiger charge is 2.47. The zero-order valence-corrected chi connectivity index (χ0v) is 19.5. The van der Waals surface area contributed by atoms with Gasteiger partial charge >= 0.3 is 6.09 Å². The number of carbonyl (C=O) groups is 3. The van der Waals surface area contributed by atoms with Crippen LogP contribution < -0.4 is 16.0 Å². The lowest BCUT2D eigenvalue weighted by Crippen LogP contribution is -2.49. The van der Waals surface area contributed by atoms with Crippen molar-refractivity contribution in [3.8, 4) is 0 Å². The Kier molecular flexibility index (Phi) is 6.72. The van der Waals surface area contributed by atoms with E-state index in [4.69, 9.17) is 14.0 Å². The Bertz CT molecular complexity index is 1070. The predicted molar refractivity (Wildman–Crippen MR) is 126 cm³/mol. The number of amides is 3. The van der Waals surface area contributed by atoms with Crippen molar-refractivity contribution >= 4 is 29.3 Å². The van der Waals surface area contributed by atoms with Gasteiger partial charge in [0.05, 0.1) is 11.6 Å². The smallest absolute Gasteiger partial charge is 0.408 e. The van der Waals surface area contributed by atoms with Gasteiger partial charge in [-0.15, -0.1) is 0 Å². The fraction of sp³-hybridized carbons (Fsp3) is 0.520. The highest BCUT2D eigenvalue weighted by atomic mass is 16.6. The summed E-state index contributed by atoms with van der Waals surface area (Å²) >= 11 is 0. The molecule has 1 saturated heterocycles. The first-order chi connectivity index (χ1) is 17.0. The molecular formula is C25H30N4O6. The zero-order valence-electron chi connectivity index (χ0n) is 19.5. The highest BCUT2D eigenvalue weighted by molar-refractivity contribution is 6.07. The number of nitrogens with zero attached hydrogens (tertiary/aromatic N) is 1. The summed E-state index contributed by atoms with van der Waals surface area (Å²) in [5.74, 6) is 0.108. The van der Waals surface area contributed by atoms with Crippen LogP contribution in [-0.4, -0.2) is 42.3 Å². The number of ether oxygens (including phenoxy) is 2. The van der Waals surface area contributed by atoms with Gasteiger partial charge in [-0.25, -0.2) is 4.79 Å². The minimum atomic E-state index is -0.734. The average Bonchev–Trinajstić information content (AvgIpc) is 3.49. The van der Waals surface area contributed by atoms with Crippen molar-refractivity contribution in [1.29, 1.82) is 0 Å². The number of anilines is 2. The molecular weight excluding hydrogens is 452 g/mol. The monoisotopic (exact) mass is 482 g/mol. The number of rotatable bonds is 6. The van der Waals surface area contributed by atoms with Gasteiger partial charge in [-0.05, 0) is 49.3 Å². The number of hydrogen-bond acceptors (Lipinski definition) is 7. The number of hydrogen-bond donors (Lipinski definition) is 3. The molecule has 35 heavy (non-hydrogen) atoms. The SMILES string of the molecule is O=C(NC(C(=O)Nc1ccc2c(c1)NC(=O)C21CCOCC1)C1CCCCC1)OCc1ccno1. The van der Waals surface area contributed by atoms with Crippen LogP contribution in [0.25, 0.3) is 0 Å². The summed E-state index contributed by atoms with van der Waals surface area (Å²) in [6, 6.07) is 6.38. The maximum atomic E-state index is 13.3. The van der Waals surface area contributed by atoms with Crippen molar-refractivity contribution in [2.75, 3.05) is 23.8 Å². The molecule has 3 aliphatic rings. The summed E-state index contributed by atoms with van der Waals surface area (Å²) < 4.78 is 15.6. The van der Waals surface area contributed by atoms with E-state index in [-0.39, 0.29) is 24.3 Å². The highest BCUT2D eigenvalue weighted by Crippen LogP contribution is 2.45. The van der Waals surface area contributed by atoms with Crippen molar-refractivity contribution in [3.63, 3.8) is 0 Å². The quantitative estimate of drug-likeness (QED) is 0.574. The van der Waals surface area contributed by atoms with Crippen molar-refractivity contribution in [2.45, 2.75) is 63.0 Å². The number of nitrogens with one attached hydrogen (secondary N) is 3. The Hall–Kier alpha value is -3.40. The third kappa shape index (κ3) is 4.88. The van der Waals surface area contributed by atoms with Gasteiger partial charge in [-0.3, -0.25) is 9.59 Å². The van der Waals surface area contributed by atoms with Crippen LogP contribution in [0.4, 0.5) is 16.2 Å². The normalized spacial score (nSPS) is 20.1. The maximum absolute atomic E-state index is 13.3. The lowest BCUT2D eigenvalue weighted by molar-refractivity contribution is -0.124. The number of carbonyl (C=O) groups excluding carboxylic acids is 3. The number of fused-ring (bicyclic) bond motifs is 2. The Morgan fingerprint density at radius 3 is 2.71 bits per heavy atom. The summed E-state index contributed by atoms with van der Waals surface area (Å²) in [4.78, 5) is 38.6. The summed E-state index contributed by atoms with van der Waals surface area (Å²) in [6.07, 6.45) is 6.92. The molecule has 0 bridgehead atoms. The van der Waals surface area contributed by atoms with Crippen LogP contribution in [0.15, 0.2) is 35.0 Å². The molecule has 2 aliphatic heterocycles. The standard InChI is InChI=1S/C25H30N4O6/c30-22(21(16-4-2-1-3-5-16)29-24(32)34-15-18-8-11-26-35-18)27-17-6-7-19-20(14-17)28-23(31)25(19)9-12-33-13-10-25/h6-8,11,14,16,21H,1-5,9-10,12-13,15H2,(H,27,30)(H,28,31)(H,29,32). The molecule has 3 amide bonds. The lowest BCUT2D eigenvalue weighted by atomic mass is 9.75. The second-order valence-corrected chi connectivity index (χ2v) is 9.47. The Labute approximate surface area is 203 Å². The predicted octanol–water partition coefficient (Wildman–Crippen LogP) is 3.49. The van der Waals surface area contributed by atoms with Gasteiger partial charge in [0.1, 0.15) is 6.04 Å². The van der Waals surface area contributed by atoms with Gasteiger partial charge < -0.3 is 29.9 Å². The molecule has 3 N–H and O–H groups in total. The molecule has 3 heterocycles. The van der Waals surface area contributed by atoms with Crippen LogP contribution in [0.1, 0.15) is 56.3 Å². The minimum Gasteiger partial charge on any atom is -0.441 e. The van der Waals surface area contributed by atoms with E-state index in [1.165, 1.54) is 6.20 Å². The Morgan fingerprint density at radius 1 is 1.17 bits per heavy atom. The van der Waals surface area contributed by atoms with Gasteiger partial charge in [0.2, 0.25) is 11.8 Å². The first-order valence-corrected chi connectivity index (χ1v) is 12.2. The minimum absolute atomic E-state index is 0.0150. The van der Waals surface area contributed by atoms with E-state index in [0.717, 1.165) is 37.7 Å². The van der Waals surface area contributed by atoms with E-state index < -0.39 is 17.6 Å². The molecule has 1 aromatic heterocycles. The molecule has 1 aromatic carbocycles. The Balaban J connectivity index is 1.28. The molecule has 1 spiro atoms. The third-order valence-corrected chi connectivity index (χ3v) is 7.35. The molecule has 186 valence electrons. The van der Waals surface area contributed by atoms with E-state index >= 15 is 0 Å². The molecule has 1 atom stereocenters. The number of benzene rings is 1. The van der Waals surface area contributed by atoms with Crippen LogP contribution in [0.3, 0.4) is 0 Å². The largest absolute Gasteiger partial charge is 0.441 e. The maximum Gasteiger partial charge on any atom is 0.408 e. The third-order valence-electron chi connectivity index (χ3n) is 7.35. The van der Waals surface area contributed by atoms with Crippen LogP contribution >= 0.6 is 0 Å². The lowest BCUT2D eigenvalue weighted by Gasteiger charge is -2.31. The summed E-state index contributed by atoms with van der Waals surface area (Å²) in [5.41, 5.74) is 1.66. The number of alkyl carbamates (subject to hydrolysis) is 1. The molecule has 1 aliphatic carbocycles. The van der Waals surface area contributed by atoms with Crippen molar-refractivity contribution in [2.24, 2.45) is 5.92 Å². The summed E-state index contributed by atoms with van der Waals surface area (Å²) in [6.45, 7) is 1.03. The second kappa shape index (κ2) is 10.1. The number of aromatic nitrogens is 1. The fourth-order valence-electron chi connectivity index (χ4n) is 5.43. The van der Waals surface area contributed by atoms with Crippen molar-refractivity contribution < 1.29 is 28.4 Å². The van der Waals surface area contributed by atoms with Crippen LogP contribution in [0.5, 0.6) is 0 Å². The first kappa shape index (κ1) is 23.3. The average molecular weight is 483 g/mol. The van der Waals surface area contributed by atoms with E-state index in [1.54, 1.807) is 12.1 Å². The van der Waals surface area contributed by atoms with Crippen molar-refractivity contribution in [3.05, 3.63) is 41.8 Å². The van der Waals surface area contributed by atoms with Crippen molar-refractivity contribution in [1.82, 2.24) is 10.5 Å². The molecule has 2 fully saturated rings. The first-order valence-electron chi connectivity index (χ1n) is 12.2. The summed E-state index contributed by atoms with van der Waals surface area (Å²) in [5, 5.41) is 12.3. The van der Waals surface area contributed by atoms with E-state index in [9.17, 15) is 14.4 Å². The molecule has 5 rings (SSSR count). The summed E-state index contributed by atoms with van der Waals surface area (Å²) in [7, 11) is 0. The fourth-order valence-corrected chi connectivity index (χ4v) is 5.43. The van der Waals surface area contributed by atoms with Gasteiger partial charge in [-0.1, -0.05) is 30.5 Å². The molecule has 10 nitrogen and oxygen atoms in total. The molecule has 10 heteroatoms. The van der Waals surface area contributed by atoms with Gasteiger partial charge in [0.15, 0.2) is 12.4 Å². The molecule has 2 aromatic rings. The Morgan fingerprint density at radius 2 is 1.97 bits per heavy atom. The van der Waals surface area contributed by atoms with Gasteiger partial charge in [0.25, 0.3) is 0 Å².